The zero-order valence-corrected chi connectivity index (χ0v) is 16.7. The smallest absolute Gasteiger partial charge is 0.328 e. The molecule has 1 fully saturated rings. The zero-order valence-electron chi connectivity index (χ0n) is 15.8. The molecule has 7 heteroatoms. The average molecular weight is 413 g/mol. The highest BCUT2D eigenvalue weighted by Gasteiger charge is 2.34. The van der Waals surface area contributed by atoms with E-state index in [1.807, 2.05) is 0 Å². The van der Waals surface area contributed by atoms with Gasteiger partial charge in [0.1, 0.15) is 0 Å². The molecular weight excluding hydrogens is 390 g/mol. The Morgan fingerprint density at radius 1 is 1.00 bits per heavy atom. The van der Waals surface area contributed by atoms with Crippen LogP contribution in [0, 0.1) is 5.92 Å². The number of Topliss-reactive ketones (excluding diaryl/α,β-unsaturated/α-hetero) is 1. The van der Waals surface area contributed by atoms with E-state index in [9.17, 15) is 14.4 Å². The number of carbonyl (C=O) groups is 3. The third kappa shape index (κ3) is 5.19. The van der Waals surface area contributed by atoms with Crippen molar-refractivity contribution in [3.05, 3.63) is 69.4 Å². The monoisotopic (exact) mass is 413 g/mol. The minimum absolute atomic E-state index is 0.295. The molecule has 2 aromatic rings. The summed E-state index contributed by atoms with van der Waals surface area (Å²) in [6.07, 6.45) is 4.07. The number of benzene rings is 1. The Kier molecular flexibility index (Phi) is 6.95. The fourth-order valence-electron chi connectivity index (χ4n) is 4.04. The van der Waals surface area contributed by atoms with Crippen LogP contribution in [0.5, 0.6) is 0 Å². The second kappa shape index (κ2) is 9.62. The molecule has 1 unspecified atom stereocenters. The number of carbonyl (C=O) groups excluding carboxylic acids is 1. The highest BCUT2D eigenvalue weighted by atomic mass is 32.1. The standard InChI is InChI=1S/C18H19NOS.C4H4O4/c20-16-11-13-3-1-2-4-14(13)17(12-5-8-19-9-6-12)15-7-10-21-18(15)16;5-3(6)1-2-4(7)8/h1-4,7,10,12,17,19H,5-6,8-9,11H2;1-2H,(H,5,6)(H,7,8)/b;2-1+. The number of rotatable bonds is 3. The van der Waals surface area contributed by atoms with Gasteiger partial charge in [0.2, 0.25) is 0 Å². The van der Waals surface area contributed by atoms with E-state index < -0.39 is 11.9 Å². The van der Waals surface area contributed by atoms with Gasteiger partial charge >= 0.3 is 11.9 Å². The Morgan fingerprint density at radius 3 is 2.31 bits per heavy atom. The van der Waals surface area contributed by atoms with Crippen molar-refractivity contribution < 1.29 is 24.6 Å². The molecule has 1 aliphatic heterocycles. The second-order valence-corrected chi connectivity index (χ2v) is 7.99. The lowest BCUT2D eigenvalue weighted by atomic mass is 9.76. The predicted molar refractivity (Wildman–Crippen MR) is 111 cm³/mol. The molecule has 4 rings (SSSR count). The number of carboxylic acids is 2. The van der Waals surface area contributed by atoms with E-state index in [1.165, 1.54) is 29.5 Å². The van der Waals surface area contributed by atoms with E-state index in [0.29, 0.717) is 36.2 Å². The number of thiophene rings is 1. The molecule has 0 bridgehead atoms. The number of piperidine rings is 1. The van der Waals surface area contributed by atoms with Gasteiger partial charge in [0.25, 0.3) is 0 Å². The van der Waals surface area contributed by atoms with Gasteiger partial charge in [-0.05, 0) is 60.0 Å². The number of ketones is 1. The van der Waals surface area contributed by atoms with Crippen LogP contribution in [0.2, 0.25) is 0 Å². The Bertz CT molecular complexity index is 911. The van der Waals surface area contributed by atoms with Crippen LogP contribution in [0.25, 0.3) is 0 Å². The van der Waals surface area contributed by atoms with E-state index in [-0.39, 0.29) is 0 Å². The molecule has 0 radical (unpaired) electrons. The number of fused-ring (bicyclic) bond motifs is 2. The normalized spacial score (nSPS) is 18.9. The van der Waals surface area contributed by atoms with E-state index in [4.69, 9.17) is 10.2 Å². The van der Waals surface area contributed by atoms with Crippen LogP contribution in [0.1, 0.15) is 45.1 Å². The van der Waals surface area contributed by atoms with Crippen molar-refractivity contribution in [2.45, 2.75) is 25.2 Å². The highest BCUT2D eigenvalue weighted by molar-refractivity contribution is 7.12. The van der Waals surface area contributed by atoms with Gasteiger partial charge in [0.15, 0.2) is 5.78 Å². The summed E-state index contributed by atoms with van der Waals surface area (Å²) >= 11 is 1.62. The molecule has 0 spiro atoms. The van der Waals surface area contributed by atoms with Crippen LogP contribution < -0.4 is 5.32 Å². The molecule has 1 saturated heterocycles. The summed E-state index contributed by atoms with van der Waals surface area (Å²) in [4.78, 5) is 32.7. The number of hydrogen-bond donors (Lipinski definition) is 3. The van der Waals surface area contributed by atoms with Crippen molar-refractivity contribution in [3.63, 3.8) is 0 Å². The third-order valence-electron chi connectivity index (χ3n) is 5.25. The molecule has 3 N–H and O–H groups in total. The molecule has 6 nitrogen and oxygen atoms in total. The summed E-state index contributed by atoms with van der Waals surface area (Å²) in [5.41, 5.74) is 3.89. The first-order valence-corrected chi connectivity index (χ1v) is 10.4. The predicted octanol–water partition coefficient (Wildman–Crippen LogP) is 3.33. The second-order valence-electron chi connectivity index (χ2n) is 7.08. The number of aliphatic carboxylic acids is 2. The van der Waals surface area contributed by atoms with Crippen molar-refractivity contribution in [1.29, 1.82) is 0 Å². The Balaban J connectivity index is 0.000000258. The lowest BCUT2D eigenvalue weighted by Crippen LogP contribution is -2.31. The van der Waals surface area contributed by atoms with Crippen molar-refractivity contribution in [2.24, 2.45) is 5.92 Å². The first kappa shape index (κ1) is 21.0. The third-order valence-corrected chi connectivity index (χ3v) is 6.22. The minimum Gasteiger partial charge on any atom is -0.478 e. The molecule has 1 atom stereocenters. The number of nitrogens with one attached hydrogen (secondary N) is 1. The van der Waals surface area contributed by atoms with Crippen molar-refractivity contribution in [2.75, 3.05) is 13.1 Å². The summed E-state index contributed by atoms with van der Waals surface area (Å²) in [5, 5.41) is 21.2. The van der Waals surface area contributed by atoms with Crippen LogP contribution in [0.3, 0.4) is 0 Å². The average Bonchev–Trinajstić information content (AvgIpc) is 3.15. The fourth-order valence-corrected chi connectivity index (χ4v) is 4.92. The minimum atomic E-state index is -1.26. The molecule has 0 saturated carbocycles. The molecule has 0 amide bonds. The highest BCUT2D eigenvalue weighted by Crippen LogP contribution is 2.43. The topological polar surface area (TPSA) is 104 Å². The largest absolute Gasteiger partial charge is 0.478 e. The van der Waals surface area contributed by atoms with Gasteiger partial charge in [-0.15, -0.1) is 11.3 Å². The maximum absolute atomic E-state index is 12.6. The first-order chi connectivity index (χ1) is 14.0. The van der Waals surface area contributed by atoms with E-state index in [1.54, 1.807) is 11.3 Å². The maximum atomic E-state index is 12.6. The molecule has 152 valence electrons. The SMILES string of the molecule is O=C(O)/C=C/C(=O)O.O=C1Cc2ccccc2C(C2CCNCC2)c2ccsc21. The zero-order chi connectivity index (χ0) is 20.8. The number of carboxylic acid groups (broad SMARTS) is 2. The van der Waals surface area contributed by atoms with Crippen LogP contribution >= 0.6 is 11.3 Å². The summed E-state index contributed by atoms with van der Waals surface area (Å²) in [7, 11) is 0. The lowest BCUT2D eigenvalue weighted by Gasteiger charge is -2.31. The molecule has 1 aromatic heterocycles. The van der Waals surface area contributed by atoms with Gasteiger partial charge in [0, 0.05) is 24.5 Å². The molecule has 2 heterocycles. The summed E-state index contributed by atoms with van der Waals surface area (Å²) in [5.74, 6) is -1.17. The van der Waals surface area contributed by atoms with Gasteiger partial charge < -0.3 is 15.5 Å². The fraction of sp³-hybridized carbons (Fsp3) is 0.318. The van der Waals surface area contributed by atoms with Crippen LogP contribution in [0.15, 0.2) is 47.9 Å². The molecule has 1 aliphatic carbocycles. The Morgan fingerprint density at radius 2 is 1.66 bits per heavy atom. The van der Waals surface area contributed by atoms with Crippen molar-refractivity contribution in [3.8, 4) is 0 Å². The number of hydrogen-bond acceptors (Lipinski definition) is 5. The van der Waals surface area contributed by atoms with Crippen LogP contribution in [-0.2, 0) is 16.0 Å². The summed E-state index contributed by atoms with van der Waals surface area (Å²) in [6, 6.07) is 10.7. The van der Waals surface area contributed by atoms with E-state index in [0.717, 1.165) is 18.0 Å². The quantitative estimate of drug-likeness (QED) is 0.667. The van der Waals surface area contributed by atoms with Crippen LogP contribution in [0.4, 0.5) is 0 Å². The molecule has 29 heavy (non-hydrogen) atoms. The van der Waals surface area contributed by atoms with Gasteiger partial charge in [-0.3, -0.25) is 4.79 Å². The Hall–Kier alpha value is -2.77. The van der Waals surface area contributed by atoms with Crippen molar-refractivity contribution >= 4 is 29.1 Å². The molecule has 2 aliphatic rings. The Labute approximate surface area is 172 Å². The van der Waals surface area contributed by atoms with E-state index >= 15 is 0 Å². The molecular formula is C22H23NO5S. The summed E-state index contributed by atoms with van der Waals surface area (Å²) < 4.78 is 0. The van der Waals surface area contributed by atoms with E-state index in [2.05, 4.69) is 41.0 Å². The maximum Gasteiger partial charge on any atom is 0.328 e. The van der Waals surface area contributed by atoms with Gasteiger partial charge in [-0.1, -0.05) is 24.3 Å². The van der Waals surface area contributed by atoms with Gasteiger partial charge in [-0.25, -0.2) is 9.59 Å². The summed E-state index contributed by atoms with van der Waals surface area (Å²) in [6.45, 7) is 2.19. The van der Waals surface area contributed by atoms with Gasteiger partial charge in [-0.2, -0.15) is 0 Å². The first-order valence-electron chi connectivity index (χ1n) is 9.50. The molecule has 1 aromatic carbocycles. The van der Waals surface area contributed by atoms with Crippen molar-refractivity contribution in [1.82, 2.24) is 5.32 Å². The van der Waals surface area contributed by atoms with Gasteiger partial charge in [0.05, 0.1) is 4.88 Å². The van der Waals surface area contributed by atoms with Crippen LogP contribution in [-0.4, -0.2) is 41.0 Å². The lowest BCUT2D eigenvalue weighted by molar-refractivity contribution is -0.134.